The largest absolute Gasteiger partial charge is 0.491 e. The van der Waals surface area contributed by atoms with Crippen molar-refractivity contribution in [2.24, 2.45) is 0 Å². The van der Waals surface area contributed by atoms with Gasteiger partial charge in [-0.15, -0.1) is 11.3 Å². The summed E-state index contributed by atoms with van der Waals surface area (Å²) < 4.78 is 42.9. The predicted octanol–water partition coefficient (Wildman–Crippen LogP) is 2.90. The van der Waals surface area contributed by atoms with Crippen LogP contribution < -0.4 is 15.4 Å². The molecule has 0 unspecified atom stereocenters. The number of hydrogen-bond donors (Lipinski definition) is 2. The molecule has 0 radical (unpaired) electrons. The lowest BCUT2D eigenvalue weighted by atomic mass is 10.1. The van der Waals surface area contributed by atoms with Crippen molar-refractivity contribution in [2.75, 3.05) is 18.5 Å². The van der Waals surface area contributed by atoms with Crippen LogP contribution in [-0.2, 0) is 12.7 Å². The molecule has 1 aliphatic heterocycles. The number of hydrogen-bond acceptors (Lipinski definition) is 5. The molecule has 0 aliphatic carbocycles. The fourth-order valence-corrected chi connectivity index (χ4v) is 2.76. The lowest BCUT2D eigenvalue weighted by Crippen LogP contribution is -2.24. The van der Waals surface area contributed by atoms with E-state index in [1.54, 1.807) is 18.2 Å². The molecule has 0 saturated carbocycles. The summed E-state index contributed by atoms with van der Waals surface area (Å²) in [6.07, 6.45) is -4.43. The number of fused-ring (bicyclic) bond motifs is 1. The molecule has 2 aromatic rings. The summed E-state index contributed by atoms with van der Waals surface area (Å²) in [7, 11) is 0. The van der Waals surface area contributed by atoms with Crippen LogP contribution in [0.15, 0.2) is 23.6 Å². The number of thiazole rings is 1. The average Bonchev–Trinajstić information content (AvgIpc) is 2.92. The van der Waals surface area contributed by atoms with Gasteiger partial charge in [-0.3, -0.25) is 4.79 Å². The molecule has 0 fully saturated rings. The van der Waals surface area contributed by atoms with Crippen LogP contribution in [0, 0.1) is 0 Å². The number of carbonyl (C=O) groups excluding carboxylic acids is 1. The van der Waals surface area contributed by atoms with Gasteiger partial charge in [-0.25, -0.2) is 4.98 Å². The summed E-state index contributed by atoms with van der Waals surface area (Å²) in [6.45, 7) is 0.952. The van der Waals surface area contributed by atoms with Crippen LogP contribution in [0.5, 0.6) is 5.75 Å². The van der Waals surface area contributed by atoms with E-state index < -0.39 is 11.2 Å². The first kappa shape index (κ1) is 15.6. The number of anilines is 1. The standard InChI is InChI=1S/C14H12F3N3O2S/c15-14(16,17)13-20-9(7-23-13)6-19-8-1-2-11-10(5-8)12(21)18-3-4-22-11/h1-2,5,7,19H,3-4,6H2,(H,18,21). The van der Waals surface area contributed by atoms with Crippen molar-refractivity contribution in [3.05, 3.63) is 39.8 Å². The molecule has 0 spiro atoms. The Labute approximate surface area is 133 Å². The number of nitrogens with zero attached hydrogens (tertiary/aromatic N) is 1. The molecule has 23 heavy (non-hydrogen) atoms. The van der Waals surface area contributed by atoms with Crippen LogP contribution >= 0.6 is 11.3 Å². The Kier molecular flexibility index (Phi) is 4.12. The SMILES string of the molecule is O=C1NCCOc2ccc(NCc3csc(C(F)(F)F)n3)cc21. The van der Waals surface area contributed by atoms with E-state index in [9.17, 15) is 18.0 Å². The van der Waals surface area contributed by atoms with Crippen LogP contribution in [0.1, 0.15) is 21.1 Å². The highest BCUT2D eigenvalue weighted by atomic mass is 32.1. The predicted molar refractivity (Wildman–Crippen MR) is 78.7 cm³/mol. The lowest BCUT2D eigenvalue weighted by Gasteiger charge is -2.09. The molecule has 1 aliphatic rings. The molecule has 9 heteroatoms. The first-order valence-electron chi connectivity index (χ1n) is 6.74. The number of ether oxygens (including phenoxy) is 1. The molecule has 1 aromatic heterocycles. The molecule has 3 rings (SSSR count). The van der Waals surface area contributed by atoms with Crippen molar-refractivity contribution in [3.8, 4) is 5.75 Å². The van der Waals surface area contributed by atoms with E-state index in [0.717, 1.165) is 0 Å². The molecule has 0 bridgehead atoms. The van der Waals surface area contributed by atoms with E-state index in [2.05, 4.69) is 15.6 Å². The number of benzene rings is 1. The zero-order valence-electron chi connectivity index (χ0n) is 11.7. The zero-order chi connectivity index (χ0) is 16.4. The van der Waals surface area contributed by atoms with Crippen LogP contribution in [0.2, 0.25) is 0 Å². The maximum atomic E-state index is 12.5. The highest BCUT2D eigenvalue weighted by Gasteiger charge is 2.34. The number of carbonyl (C=O) groups is 1. The second kappa shape index (κ2) is 6.07. The maximum absolute atomic E-state index is 12.5. The minimum absolute atomic E-state index is 0.133. The Hall–Kier alpha value is -2.29. The van der Waals surface area contributed by atoms with Crippen LogP contribution in [0.4, 0.5) is 18.9 Å². The number of nitrogens with one attached hydrogen (secondary N) is 2. The number of amides is 1. The normalized spacial score (nSPS) is 14.5. The second-order valence-electron chi connectivity index (χ2n) is 4.81. The van der Waals surface area contributed by atoms with Crippen LogP contribution in [-0.4, -0.2) is 24.0 Å². The van der Waals surface area contributed by atoms with Gasteiger partial charge in [0.05, 0.1) is 24.3 Å². The van der Waals surface area contributed by atoms with Gasteiger partial charge in [-0.2, -0.15) is 13.2 Å². The summed E-state index contributed by atoms with van der Waals surface area (Å²) >= 11 is 0.557. The number of rotatable bonds is 3. The van der Waals surface area contributed by atoms with E-state index in [0.29, 0.717) is 41.5 Å². The Morgan fingerprint density at radius 3 is 2.96 bits per heavy atom. The van der Waals surface area contributed by atoms with Crippen molar-refractivity contribution in [1.29, 1.82) is 0 Å². The van der Waals surface area contributed by atoms with Gasteiger partial charge in [-0.05, 0) is 18.2 Å². The molecule has 0 saturated heterocycles. The fourth-order valence-electron chi connectivity index (χ4n) is 2.08. The van der Waals surface area contributed by atoms with E-state index in [-0.39, 0.29) is 18.1 Å². The van der Waals surface area contributed by atoms with Gasteiger partial charge in [-0.1, -0.05) is 0 Å². The summed E-state index contributed by atoms with van der Waals surface area (Å²) in [4.78, 5) is 15.4. The highest BCUT2D eigenvalue weighted by Crippen LogP contribution is 2.32. The molecule has 0 atom stereocenters. The third-order valence-electron chi connectivity index (χ3n) is 3.14. The molecule has 1 amide bonds. The molecule has 2 N–H and O–H groups in total. The van der Waals surface area contributed by atoms with Gasteiger partial charge >= 0.3 is 6.18 Å². The monoisotopic (exact) mass is 343 g/mol. The fraction of sp³-hybridized carbons (Fsp3) is 0.286. The Morgan fingerprint density at radius 1 is 1.39 bits per heavy atom. The topological polar surface area (TPSA) is 63.2 Å². The smallest absolute Gasteiger partial charge is 0.443 e. The van der Waals surface area contributed by atoms with E-state index >= 15 is 0 Å². The maximum Gasteiger partial charge on any atom is 0.443 e. The van der Waals surface area contributed by atoms with E-state index in [1.165, 1.54) is 5.38 Å². The third-order valence-corrected chi connectivity index (χ3v) is 4.07. The average molecular weight is 343 g/mol. The second-order valence-corrected chi connectivity index (χ2v) is 5.67. The Morgan fingerprint density at radius 2 is 2.22 bits per heavy atom. The molecule has 2 heterocycles. The minimum Gasteiger partial charge on any atom is -0.491 e. The number of alkyl halides is 3. The molecular formula is C14H12F3N3O2S. The number of aromatic nitrogens is 1. The third kappa shape index (κ3) is 3.55. The Bertz CT molecular complexity index is 730. The summed E-state index contributed by atoms with van der Waals surface area (Å²) in [6, 6.07) is 4.96. The lowest BCUT2D eigenvalue weighted by molar-refractivity contribution is -0.137. The van der Waals surface area contributed by atoms with Gasteiger partial charge < -0.3 is 15.4 Å². The summed E-state index contributed by atoms with van der Waals surface area (Å²) in [5, 5.41) is 6.14. The van der Waals surface area contributed by atoms with Crippen LogP contribution in [0.3, 0.4) is 0 Å². The van der Waals surface area contributed by atoms with Gasteiger partial charge in [0.2, 0.25) is 0 Å². The van der Waals surface area contributed by atoms with Gasteiger partial charge in [0.25, 0.3) is 5.91 Å². The van der Waals surface area contributed by atoms with Crippen molar-refractivity contribution < 1.29 is 22.7 Å². The first-order valence-corrected chi connectivity index (χ1v) is 7.62. The quantitative estimate of drug-likeness (QED) is 0.900. The van der Waals surface area contributed by atoms with Crippen molar-refractivity contribution in [2.45, 2.75) is 12.7 Å². The van der Waals surface area contributed by atoms with Crippen molar-refractivity contribution >= 4 is 22.9 Å². The van der Waals surface area contributed by atoms with Crippen molar-refractivity contribution in [1.82, 2.24) is 10.3 Å². The van der Waals surface area contributed by atoms with Gasteiger partial charge in [0.15, 0.2) is 5.01 Å². The Balaban J connectivity index is 1.71. The van der Waals surface area contributed by atoms with E-state index in [4.69, 9.17) is 4.74 Å². The van der Waals surface area contributed by atoms with Crippen LogP contribution in [0.25, 0.3) is 0 Å². The van der Waals surface area contributed by atoms with Gasteiger partial charge in [0.1, 0.15) is 12.4 Å². The number of halogens is 3. The summed E-state index contributed by atoms with van der Waals surface area (Å²) in [5.74, 6) is 0.243. The molecule has 122 valence electrons. The minimum atomic E-state index is -4.43. The van der Waals surface area contributed by atoms with Crippen molar-refractivity contribution in [3.63, 3.8) is 0 Å². The molecule has 1 aromatic carbocycles. The molecule has 5 nitrogen and oxygen atoms in total. The van der Waals surface area contributed by atoms with Gasteiger partial charge in [0, 0.05) is 11.1 Å². The zero-order valence-corrected chi connectivity index (χ0v) is 12.6. The van der Waals surface area contributed by atoms with E-state index in [1.807, 2.05) is 0 Å². The first-order chi connectivity index (χ1) is 10.9. The molecular weight excluding hydrogens is 331 g/mol. The highest BCUT2D eigenvalue weighted by molar-refractivity contribution is 7.09. The summed E-state index contributed by atoms with van der Waals surface area (Å²) in [5.41, 5.74) is 1.28.